The highest BCUT2D eigenvalue weighted by Crippen LogP contribution is 1.93. The Morgan fingerprint density at radius 2 is 2.25 bits per heavy atom. The molecule has 1 amide bonds. The molecule has 1 atom stereocenters. The van der Waals surface area contributed by atoms with Crippen molar-refractivity contribution in [2.75, 3.05) is 19.8 Å². The van der Waals surface area contributed by atoms with Crippen LogP contribution in [0.1, 0.15) is 20.3 Å². The summed E-state index contributed by atoms with van der Waals surface area (Å²) in [7, 11) is 0. The van der Waals surface area contributed by atoms with E-state index >= 15 is 0 Å². The summed E-state index contributed by atoms with van der Waals surface area (Å²) in [6.45, 7) is 5.45. The highest BCUT2D eigenvalue weighted by Gasteiger charge is 2.02. The van der Waals surface area contributed by atoms with E-state index in [2.05, 4.69) is 0 Å². The van der Waals surface area contributed by atoms with Crippen LogP contribution in [0.25, 0.3) is 0 Å². The minimum atomic E-state index is -0.335. The third-order valence-electron chi connectivity index (χ3n) is 1.31. The Morgan fingerprint density at radius 3 is 2.75 bits per heavy atom. The summed E-state index contributed by atoms with van der Waals surface area (Å²) in [6.07, 6.45) is 0.306. The lowest BCUT2D eigenvalue weighted by Crippen LogP contribution is -2.20. The normalized spacial score (nSPS) is 12.8. The SMILES string of the molecule is CCOCC(C)OCCC(N)=O. The first-order chi connectivity index (χ1) is 5.66. The van der Waals surface area contributed by atoms with E-state index in [1.165, 1.54) is 0 Å². The van der Waals surface area contributed by atoms with Gasteiger partial charge < -0.3 is 15.2 Å². The van der Waals surface area contributed by atoms with E-state index in [4.69, 9.17) is 15.2 Å². The first-order valence-corrected chi connectivity index (χ1v) is 4.14. The van der Waals surface area contributed by atoms with Gasteiger partial charge in [-0.15, -0.1) is 0 Å². The van der Waals surface area contributed by atoms with Gasteiger partial charge in [-0.05, 0) is 13.8 Å². The number of hydrogen-bond acceptors (Lipinski definition) is 3. The predicted molar refractivity (Wildman–Crippen MR) is 45.7 cm³/mol. The molecule has 0 aromatic heterocycles. The first kappa shape index (κ1) is 11.4. The number of ether oxygens (including phenoxy) is 2. The Balaban J connectivity index is 3.19. The van der Waals surface area contributed by atoms with Crippen molar-refractivity contribution >= 4 is 5.91 Å². The minimum absolute atomic E-state index is 0.0318. The molecule has 72 valence electrons. The van der Waals surface area contributed by atoms with E-state index < -0.39 is 0 Å². The van der Waals surface area contributed by atoms with Gasteiger partial charge in [-0.1, -0.05) is 0 Å². The molecule has 0 aliphatic heterocycles. The smallest absolute Gasteiger partial charge is 0.219 e. The van der Waals surface area contributed by atoms with Crippen molar-refractivity contribution in [2.45, 2.75) is 26.4 Å². The topological polar surface area (TPSA) is 61.6 Å². The molecule has 0 spiro atoms. The fourth-order valence-corrected chi connectivity index (χ4v) is 0.693. The van der Waals surface area contributed by atoms with Gasteiger partial charge in [0.1, 0.15) is 0 Å². The van der Waals surface area contributed by atoms with Crippen LogP contribution < -0.4 is 5.73 Å². The van der Waals surface area contributed by atoms with E-state index in [-0.39, 0.29) is 18.4 Å². The van der Waals surface area contributed by atoms with Gasteiger partial charge in [0.15, 0.2) is 0 Å². The van der Waals surface area contributed by atoms with E-state index in [1.807, 2.05) is 13.8 Å². The number of amides is 1. The van der Waals surface area contributed by atoms with Gasteiger partial charge in [-0.2, -0.15) is 0 Å². The molecule has 0 aromatic carbocycles. The van der Waals surface area contributed by atoms with Crippen molar-refractivity contribution in [2.24, 2.45) is 5.73 Å². The fourth-order valence-electron chi connectivity index (χ4n) is 0.693. The van der Waals surface area contributed by atoms with Crippen LogP contribution in [0, 0.1) is 0 Å². The van der Waals surface area contributed by atoms with E-state index in [0.717, 1.165) is 0 Å². The van der Waals surface area contributed by atoms with Gasteiger partial charge in [-0.25, -0.2) is 0 Å². The Hall–Kier alpha value is -0.610. The number of carbonyl (C=O) groups is 1. The third kappa shape index (κ3) is 7.50. The van der Waals surface area contributed by atoms with Crippen LogP contribution in [-0.2, 0) is 14.3 Å². The summed E-state index contributed by atoms with van der Waals surface area (Å²) in [5.41, 5.74) is 4.93. The van der Waals surface area contributed by atoms with Crippen LogP contribution in [0.5, 0.6) is 0 Å². The van der Waals surface area contributed by atoms with Crippen LogP contribution in [0.2, 0.25) is 0 Å². The summed E-state index contributed by atoms with van der Waals surface area (Å²) in [4.78, 5) is 10.3. The lowest BCUT2D eigenvalue weighted by Gasteiger charge is -2.11. The molecule has 0 aliphatic rings. The molecule has 0 heterocycles. The Morgan fingerprint density at radius 1 is 1.58 bits per heavy atom. The lowest BCUT2D eigenvalue weighted by atomic mass is 10.4. The number of rotatable bonds is 7. The first-order valence-electron chi connectivity index (χ1n) is 4.14. The van der Waals surface area contributed by atoms with E-state index in [9.17, 15) is 4.79 Å². The molecule has 4 nitrogen and oxygen atoms in total. The Kier molecular flexibility index (Phi) is 6.70. The van der Waals surface area contributed by atoms with Gasteiger partial charge in [0.25, 0.3) is 0 Å². The summed E-state index contributed by atoms with van der Waals surface area (Å²) in [5, 5.41) is 0. The quantitative estimate of drug-likeness (QED) is 0.605. The largest absolute Gasteiger partial charge is 0.379 e. The van der Waals surface area contributed by atoms with E-state index in [1.54, 1.807) is 0 Å². The average molecular weight is 175 g/mol. The van der Waals surface area contributed by atoms with Gasteiger partial charge in [-0.3, -0.25) is 4.79 Å². The van der Waals surface area contributed by atoms with Crippen LogP contribution in [0.15, 0.2) is 0 Å². The molecule has 1 unspecified atom stereocenters. The molecule has 4 heteroatoms. The maximum absolute atomic E-state index is 10.3. The van der Waals surface area contributed by atoms with Gasteiger partial charge in [0.2, 0.25) is 5.91 Å². The Bertz CT molecular complexity index is 127. The molecule has 0 fully saturated rings. The van der Waals surface area contributed by atoms with Crippen molar-refractivity contribution in [3.8, 4) is 0 Å². The molecule has 0 aromatic rings. The molecular formula is C8H17NO3. The summed E-state index contributed by atoms with van der Waals surface area (Å²) >= 11 is 0. The third-order valence-corrected chi connectivity index (χ3v) is 1.31. The highest BCUT2D eigenvalue weighted by atomic mass is 16.5. The molecule has 12 heavy (non-hydrogen) atoms. The maximum Gasteiger partial charge on any atom is 0.219 e. The molecule has 0 rings (SSSR count). The highest BCUT2D eigenvalue weighted by molar-refractivity contribution is 5.73. The fraction of sp³-hybridized carbons (Fsp3) is 0.875. The molecule has 0 aliphatic carbocycles. The van der Waals surface area contributed by atoms with Crippen LogP contribution in [0.4, 0.5) is 0 Å². The second-order valence-electron chi connectivity index (χ2n) is 2.56. The molecule has 2 N–H and O–H groups in total. The summed E-state index contributed by atoms with van der Waals surface area (Å²) < 4.78 is 10.3. The monoisotopic (exact) mass is 175 g/mol. The van der Waals surface area contributed by atoms with Crippen LogP contribution >= 0.6 is 0 Å². The average Bonchev–Trinajstić information content (AvgIpc) is 2.00. The lowest BCUT2D eigenvalue weighted by molar-refractivity contribution is -0.119. The summed E-state index contributed by atoms with van der Waals surface area (Å²) in [6, 6.07) is 0. The molecular weight excluding hydrogens is 158 g/mol. The zero-order chi connectivity index (χ0) is 9.40. The molecule has 0 saturated heterocycles. The van der Waals surface area contributed by atoms with Crippen molar-refractivity contribution in [1.82, 2.24) is 0 Å². The second kappa shape index (κ2) is 7.06. The number of nitrogens with two attached hydrogens (primary N) is 1. The van der Waals surface area contributed by atoms with Crippen molar-refractivity contribution in [1.29, 1.82) is 0 Å². The standard InChI is InChI=1S/C8H17NO3/c1-3-11-6-7(2)12-5-4-8(9)10/h7H,3-6H2,1-2H3,(H2,9,10). The predicted octanol–water partition coefficient (Wildman–Crippen LogP) is 0.303. The van der Waals surface area contributed by atoms with Crippen molar-refractivity contribution < 1.29 is 14.3 Å². The van der Waals surface area contributed by atoms with Gasteiger partial charge >= 0.3 is 0 Å². The van der Waals surface area contributed by atoms with Crippen LogP contribution in [0.3, 0.4) is 0 Å². The van der Waals surface area contributed by atoms with Crippen molar-refractivity contribution in [3.63, 3.8) is 0 Å². The molecule has 0 radical (unpaired) electrons. The molecule has 0 bridgehead atoms. The molecule has 0 saturated carbocycles. The zero-order valence-electron chi connectivity index (χ0n) is 7.71. The van der Waals surface area contributed by atoms with E-state index in [0.29, 0.717) is 19.8 Å². The van der Waals surface area contributed by atoms with Crippen molar-refractivity contribution in [3.05, 3.63) is 0 Å². The number of carbonyl (C=O) groups excluding carboxylic acids is 1. The minimum Gasteiger partial charge on any atom is -0.379 e. The Labute approximate surface area is 73.0 Å². The van der Waals surface area contributed by atoms with Gasteiger partial charge in [0, 0.05) is 13.0 Å². The second-order valence-corrected chi connectivity index (χ2v) is 2.56. The summed E-state index contributed by atoms with van der Waals surface area (Å²) in [5.74, 6) is -0.335. The number of primary amides is 1. The number of hydrogen-bond donors (Lipinski definition) is 1. The zero-order valence-corrected chi connectivity index (χ0v) is 7.71. The van der Waals surface area contributed by atoms with Crippen LogP contribution in [-0.4, -0.2) is 31.8 Å². The maximum atomic E-state index is 10.3. The van der Waals surface area contributed by atoms with Gasteiger partial charge in [0.05, 0.1) is 19.3 Å².